The first kappa shape index (κ1) is 16.6. The Balaban J connectivity index is 2.46. The third-order valence-corrected chi connectivity index (χ3v) is 3.70. The summed E-state index contributed by atoms with van der Waals surface area (Å²) in [6.07, 6.45) is 1.82. The Morgan fingerprint density at radius 2 is 1.95 bits per heavy atom. The van der Waals surface area contributed by atoms with Gasteiger partial charge in [0.05, 0.1) is 0 Å². The van der Waals surface area contributed by atoms with Crippen molar-refractivity contribution in [3.05, 3.63) is 35.4 Å². The summed E-state index contributed by atoms with van der Waals surface area (Å²) in [5.74, 6) is -1.97. The largest absolute Gasteiger partial charge is 0.354 e. The first-order valence-corrected chi connectivity index (χ1v) is 6.90. The van der Waals surface area contributed by atoms with Gasteiger partial charge in [0.2, 0.25) is 5.91 Å². The van der Waals surface area contributed by atoms with Crippen LogP contribution in [-0.4, -0.2) is 18.0 Å². The highest BCUT2D eigenvalue weighted by Gasteiger charge is 2.20. The van der Waals surface area contributed by atoms with Crippen LogP contribution in [-0.2, 0) is 11.2 Å². The number of amides is 1. The molecule has 1 aromatic rings. The van der Waals surface area contributed by atoms with Crippen LogP contribution in [0.4, 0.5) is 8.78 Å². The first-order chi connectivity index (χ1) is 9.41. The van der Waals surface area contributed by atoms with Crippen molar-refractivity contribution in [2.75, 3.05) is 6.54 Å². The lowest BCUT2D eigenvalue weighted by Crippen LogP contribution is -2.49. The summed E-state index contributed by atoms with van der Waals surface area (Å²) < 4.78 is 26.4. The molecular weight excluding hydrogens is 262 g/mol. The number of hydrogen-bond donors (Lipinski definition) is 2. The second-order valence-electron chi connectivity index (χ2n) is 5.06. The Morgan fingerprint density at radius 3 is 2.55 bits per heavy atom. The maximum Gasteiger partial charge on any atom is 0.220 e. The molecule has 0 fully saturated rings. The maximum absolute atomic E-state index is 13.4. The highest BCUT2D eigenvalue weighted by Crippen LogP contribution is 2.13. The van der Waals surface area contributed by atoms with Gasteiger partial charge in [-0.2, -0.15) is 0 Å². The number of hydrogen-bond acceptors (Lipinski definition) is 2. The molecule has 0 aliphatic rings. The molecule has 0 aromatic heterocycles. The molecule has 1 rings (SSSR count). The number of carbonyl (C=O) groups is 1. The molecule has 0 atom stereocenters. The quantitative estimate of drug-likeness (QED) is 0.808. The van der Waals surface area contributed by atoms with Crippen LogP contribution in [0.2, 0.25) is 0 Å². The van der Waals surface area contributed by atoms with Gasteiger partial charge in [0.15, 0.2) is 11.6 Å². The van der Waals surface area contributed by atoms with Gasteiger partial charge in [0.1, 0.15) is 0 Å². The SMILES string of the molecule is CCC(N)(CC)CNC(=O)CCc1cccc(F)c1F. The fraction of sp³-hybridized carbons (Fsp3) is 0.533. The van der Waals surface area contributed by atoms with E-state index in [0.29, 0.717) is 6.54 Å². The third kappa shape index (κ3) is 4.56. The molecule has 20 heavy (non-hydrogen) atoms. The van der Waals surface area contributed by atoms with Gasteiger partial charge < -0.3 is 11.1 Å². The van der Waals surface area contributed by atoms with E-state index >= 15 is 0 Å². The normalized spacial score (nSPS) is 11.4. The van der Waals surface area contributed by atoms with Crippen LogP contribution in [0.25, 0.3) is 0 Å². The molecule has 0 saturated heterocycles. The second-order valence-corrected chi connectivity index (χ2v) is 5.06. The number of benzene rings is 1. The first-order valence-electron chi connectivity index (χ1n) is 6.90. The number of nitrogens with two attached hydrogens (primary N) is 1. The van der Waals surface area contributed by atoms with Crippen LogP contribution >= 0.6 is 0 Å². The lowest BCUT2D eigenvalue weighted by Gasteiger charge is -2.26. The molecule has 0 spiro atoms. The van der Waals surface area contributed by atoms with E-state index in [1.807, 2.05) is 13.8 Å². The van der Waals surface area contributed by atoms with Gasteiger partial charge in [-0.05, 0) is 30.9 Å². The zero-order chi connectivity index (χ0) is 15.2. The highest BCUT2D eigenvalue weighted by atomic mass is 19.2. The average molecular weight is 284 g/mol. The van der Waals surface area contributed by atoms with Crippen LogP contribution in [0, 0.1) is 11.6 Å². The molecule has 5 heteroatoms. The van der Waals surface area contributed by atoms with Crippen LogP contribution in [0.5, 0.6) is 0 Å². The fourth-order valence-electron chi connectivity index (χ4n) is 1.85. The van der Waals surface area contributed by atoms with Crippen molar-refractivity contribution >= 4 is 5.91 Å². The lowest BCUT2D eigenvalue weighted by molar-refractivity contribution is -0.121. The van der Waals surface area contributed by atoms with Crippen LogP contribution in [0.1, 0.15) is 38.7 Å². The minimum absolute atomic E-state index is 0.115. The van der Waals surface area contributed by atoms with Crippen molar-refractivity contribution < 1.29 is 13.6 Å². The Hall–Kier alpha value is -1.49. The fourth-order valence-corrected chi connectivity index (χ4v) is 1.85. The minimum Gasteiger partial charge on any atom is -0.354 e. The second kappa shape index (κ2) is 7.33. The van der Waals surface area contributed by atoms with Gasteiger partial charge in [-0.3, -0.25) is 4.79 Å². The van der Waals surface area contributed by atoms with Crippen LogP contribution in [0.15, 0.2) is 18.2 Å². The zero-order valence-electron chi connectivity index (χ0n) is 12.0. The van der Waals surface area contributed by atoms with Crippen molar-refractivity contribution in [3.8, 4) is 0 Å². The van der Waals surface area contributed by atoms with Crippen LogP contribution < -0.4 is 11.1 Å². The smallest absolute Gasteiger partial charge is 0.220 e. The van der Waals surface area contributed by atoms with Gasteiger partial charge in [0, 0.05) is 18.5 Å². The molecule has 3 N–H and O–H groups in total. The maximum atomic E-state index is 13.4. The molecule has 0 unspecified atom stereocenters. The topological polar surface area (TPSA) is 55.1 Å². The summed E-state index contributed by atoms with van der Waals surface area (Å²) in [5, 5.41) is 2.75. The highest BCUT2D eigenvalue weighted by molar-refractivity contribution is 5.76. The van der Waals surface area contributed by atoms with Gasteiger partial charge in [-0.1, -0.05) is 26.0 Å². The molecule has 0 saturated carbocycles. The Morgan fingerprint density at radius 1 is 1.30 bits per heavy atom. The average Bonchev–Trinajstić information content (AvgIpc) is 2.46. The lowest BCUT2D eigenvalue weighted by atomic mass is 9.94. The predicted molar refractivity (Wildman–Crippen MR) is 75.2 cm³/mol. The van der Waals surface area contributed by atoms with E-state index in [1.165, 1.54) is 12.1 Å². The third-order valence-electron chi connectivity index (χ3n) is 3.70. The molecule has 0 heterocycles. The number of rotatable bonds is 7. The van der Waals surface area contributed by atoms with Crippen molar-refractivity contribution in [1.29, 1.82) is 0 Å². The number of aryl methyl sites for hydroxylation is 1. The molecular formula is C15H22F2N2O. The van der Waals surface area contributed by atoms with E-state index in [0.717, 1.165) is 18.9 Å². The predicted octanol–water partition coefficient (Wildman–Crippen LogP) is 2.53. The Bertz CT molecular complexity index is 459. The van der Waals surface area contributed by atoms with Gasteiger partial charge in [-0.25, -0.2) is 8.78 Å². The summed E-state index contributed by atoms with van der Waals surface area (Å²) in [4.78, 5) is 11.7. The van der Waals surface area contributed by atoms with Crippen molar-refractivity contribution in [2.24, 2.45) is 5.73 Å². The molecule has 0 radical (unpaired) electrons. The molecule has 112 valence electrons. The van der Waals surface area contributed by atoms with Gasteiger partial charge >= 0.3 is 0 Å². The van der Waals surface area contributed by atoms with Crippen molar-refractivity contribution in [3.63, 3.8) is 0 Å². The number of nitrogens with one attached hydrogen (secondary N) is 1. The number of halogens is 2. The summed E-state index contributed by atoms with van der Waals surface area (Å²) >= 11 is 0. The molecule has 1 aromatic carbocycles. The van der Waals surface area contributed by atoms with Gasteiger partial charge in [0.25, 0.3) is 0 Å². The van der Waals surface area contributed by atoms with Crippen LogP contribution in [0.3, 0.4) is 0 Å². The van der Waals surface area contributed by atoms with E-state index in [9.17, 15) is 13.6 Å². The molecule has 0 aliphatic carbocycles. The minimum atomic E-state index is -0.888. The summed E-state index contributed by atoms with van der Waals surface area (Å²) in [7, 11) is 0. The summed E-state index contributed by atoms with van der Waals surface area (Å²) in [6.45, 7) is 4.33. The zero-order valence-corrected chi connectivity index (χ0v) is 12.0. The molecule has 1 amide bonds. The van der Waals surface area contributed by atoms with E-state index in [4.69, 9.17) is 5.73 Å². The Labute approximate surface area is 118 Å². The molecule has 0 bridgehead atoms. The Kier molecular flexibility index (Phi) is 6.07. The van der Waals surface area contributed by atoms with E-state index in [1.54, 1.807) is 0 Å². The standard InChI is InChI=1S/C15H22F2N2O/c1-3-15(18,4-2)10-19-13(20)9-8-11-6-5-7-12(16)14(11)17/h5-7H,3-4,8-10,18H2,1-2H3,(H,19,20). The monoisotopic (exact) mass is 284 g/mol. The summed E-state index contributed by atoms with van der Waals surface area (Å²) in [6, 6.07) is 3.98. The summed E-state index contributed by atoms with van der Waals surface area (Å²) in [5.41, 5.74) is 5.88. The number of carbonyl (C=O) groups excluding carboxylic acids is 1. The molecule has 3 nitrogen and oxygen atoms in total. The van der Waals surface area contributed by atoms with E-state index in [-0.39, 0.29) is 24.3 Å². The van der Waals surface area contributed by atoms with E-state index in [2.05, 4.69) is 5.32 Å². The van der Waals surface area contributed by atoms with E-state index < -0.39 is 17.2 Å². The van der Waals surface area contributed by atoms with Crippen molar-refractivity contribution in [1.82, 2.24) is 5.32 Å². The van der Waals surface area contributed by atoms with Gasteiger partial charge in [-0.15, -0.1) is 0 Å². The molecule has 0 aliphatic heterocycles. The van der Waals surface area contributed by atoms with Crippen molar-refractivity contribution in [2.45, 2.75) is 45.1 Å².